The molecule has 0 saturated heterocycles. The van der Waals surface area contributed by atoms with Crippen LogP contribution < -0.4 is 10.6 Å². The summed E-state index contributed by atoms with van der Waals surface area (Å²) in [5.41, 5.74) is 1.75. The number of carbonyl (C=O) groups excluding carboxylic acids is 2. The number of anilines is 1. The minimum atomic E-state index is -0.130. The zero-order valence-corrected chi connectivity index (χ0v) is 13.9. The van der Waals surface area contributed by atoms with E-state index in [-0.39, 0.29) is 11.8 Å². The number of halogens is 1. The SMILES string of the molecule is CNC(=O)CCc1cccc(NC(=O)c2ccc(Br)s2)c1. The van der Waals surface area contributed by atoms with Crippen LogP contribution in [0.5, 0.6) is 0 Å². The van der Waals surface area contributed by atoms with E-state index in [1.165, 1.54) is 11.3 Å². The predicted molar refractivity (Wildman–Crippen MR) is 88.8 cm³/mol. The third kappa shape index (κ3) is 4.68. The molecule has 2 amide bonds. The fourth-order valence-electron chi connectivity index (χ4n) is 1.82. The van der Waals surface area contributed by atoms with E-state index in [0.29, 0.717) is 17.7 Å². The van der Waals surface area contributed by atoms with Gasteiger partial charge in [0.25, 0.3) is 5.91 Å². The summed E-state index contributed by atoms with van der Waals surface area (Å²) < 4.78 is 0.923. The Morgan fingerprint density at radius 3 is 2.71 bits per heavy atom. The van der Waals surface area contributed by atoms with Crippen LogP contribution in [0.15, 0.2) is 40.2 Å². The van der Waals surface area contributed by atoms with Gasteiger partial charge in [0.1, 0.15) is 0 Å². The van der Waals surface area contributed by atoms with Crippen LogP contribution in [0.2, 0.25) is 0 Å². The number of hydrogen-bond donors (Lipinski definition) is 2. The lowest BCUT2D eigenvalue weighted by Gasteiger charge is -2.06. The Bertz CT molecular complexity index is 655. The topological polar surface area (TPSA) is 58.2 Å². The van der Waals surface area contributed by atoms with E-state index in [4.69, 9.17) is 0 Å². The maximum absolute atomic E-state index is 12.1. The number of benzene rings is 1. The number of thiophene rings is 1. The number of hydrogen-bond acceptors (Lipinski definition) is 3. The monoisotopic (exact) mass is 366 g/mol. The highest BCUT2D eigenvalue weighted by molar-refractivity contribution is 9.11. The first kappa shape index (κ1) is 15.7. The number of nitrogens with one attached hydrogen (secondary N) is 2. The third-order valence-corrected chi connectivity index (χ3v) is 4.52. The Morgan fingerprint density at radius 1 is 1.24 bits per heavy atom. The Kier molecular flexibility index (Phi) is 5.52. The summed E-state index contributed by atoms with van der Waals surface area (Å²) in [5.74, 6) is -0.123. The molecule has 0 aliphatic heterocycles. The number of rotatable bonds is 5. The highest BCUT2D eigenvalue weighted by atomic mass is 79.9. The first-order chi connectivity index (χ1) is 10.1. The van der Waals surface area contributed by atoms with Crippen molar-refractivity contribution in [3.8, 4) is 0 Å². The minimum absolute atomic E-state index is 0.00729. The fraction of sp³-hybridized carbons (Fsp3) is 0.200. The average molecular weight is 367 g/mol. The van der Waals surface area contributed by atoms with Gasteiger partial charge in [0.05, 0.1) is 8.66 Å². The molecule has 21 heavy (non-hydrogen) atoms. The van der Waals surface area contributed by atoms with Gasteiger partial charge in [-0.05, 0) is 52.2 Å². The van der Waals surface area contributed by atoms with Crippen LogP contribution in [-0.2, 0) is 11.2 Å². The van der Waals surface area contributed by atoms with Crippen LogP contribution in [0.4, 0.5) is 5.69 Å². The van der Waals surface area contributed by atoms with Gasteiger partial charge < -0.3 is 10.6 Å². The van der Waals surface area contributed by atoms with E-state index < -0.39 is 0 Å². The maximum Gasteiger partial charge on any atom is 0.265 e. The number of aryl methyl sites for hydroxylation is 1. The van der Waals surface area contributed by atoms with Gasteiger partial charge in [0.15, 0.2) is 0 Å². The van der Waals surface area contributed by atoms with Gasteiger partial charge in [-0.1, -0.05) is 12.1 Å². The molecule has 1 aromatic heterocycles. The van der Waals surface area contributed by atoms with E-state index >= 15 is 0 Å². The normalized spacial score (nSPS) is 10.2. The van der Waals surface area contributed by atoms with Crippen LogP contribution >= 0.6 is 27.3 Å². The van der Waals surface area contributed by atoms with Crippen molar-refractivity contribution in [1.29, 1.82) is 0 Å². The molecule has 0 unspecified atom stereocenters. The molecule has 2 rings (SSSR count). The molecule has 1 heterocycles. The molecular formula is C15H15BrN2O2S. The van der Waals surface area contributed by atoms with Crippen molar-refractivity contribution in [1.82, 2.24) is 5.32 Å². The quantitative estimate of drug-likeness (QED) is 0.851. The fourth-order valence-corrected chi connectivity index (χ4v) is 3.10. The molecule has 0 saturated carbocycles. The van der Waals surface area contributed by atoms with E-state index in [1.54, 1.807) is 13.1 Å². The van der Waals surface area contributed by atoms with E-state index in [0.717, 1.165) is 15.0 Å². The van der Waals surface area contributed by atoms with Crippen molar-refractivity contribution in [3.63, 3.8) is 0 Å². The predicted octanol–water partition coefficient (Wildman–Crippen LogP) is 3.44. The molecule has 4 nitrogen and oxygen atoms in total. The summed E-state index contributed by atoms with van der Waals surface area (Å²) in [6, 6.07) is 11.2. The Balaban J connectivity index is 2.00. The van der Waals surface area contributed by atoms with Gasteiger partial charge in [-0.25, -0.2) is 0 Å². The van der Waals surface area contributed by atoms with Crippen LogP contribution in [-0.4, -0.2) is 18.9 Å². The van der Waals surface area contributed by atoms with Crippen molar-refractivity contribution in [2.24, 2.45) is 0 Å². The maximum atomic E-state index is 12.1. The van der Waals surface area contributed by atoms with Gasteiger partial charge >= 0.3 is 0 Å². The lowest BCUT2D eigenvalue weighted by atomic mass is 10.1. The summed E-state index contributed by atoms with van der Waals surface area (Å²) in [6.45, 7) is 0. The van der Waals surface area contributed by atoms with Crippen molar-refractivity contribution in [2.75, 3.05) is 12.4 Å². The standard InChI is InChI=1S/C15H15BrN2O2S/c1-17-14(19)8-5-10-3-2-4-11(9-10)18-15(20)12-6-7-13(16)21-12/h2-4,6-7,9H,5,8H2,1H3,(H,17,19)(H,18,20). The second kappa shape index (κ2) is 7.38. The molecule has 1 aromatic carbocycles. The molecule has 0 radical (unpaired) electrons. The summed E-state index contributed by atoms with van der Waals surface area (Å²) in [7, 11) is 1.62. The van der Waals surface area contributed by atoms with Crippen molar-refractivity contribution < 1.29 is 9.59 Å². The average Bonchev–Trinajstić information content (AvgIpc) is 2.92. The Morgan fingerprint density at radius 2 is 2.05 bits per heavy atom. The minimum Gasteiger partial charge on any atom is -0.359 e. The molecule has 110 valence electrons. The molecule has 0 bridgehead atoms. The molecule has 0 atom stereocenters. The van der Waals surface area contributed by atoms with Gasteiger partial charge in [0, 0.05) is 19.2 Å². The molecular weight excluding hydrogens is 352 g/mol. The lowest BCUT2D eigenvalue weighted by molar-refractivity contribution is -0.120. The van der Waals surface area contributed by atoms with E-state index in [9.17, 15) is 9.59 Å². The van der Waals surface area contributed by atoms with Crippen LogP contribution in [0.25, 0.3) is 0 Å². The smallest absolute Gasteiger partial charge is 0.265 e. The highest BCUT2D eigenvalue weighted by Crippen LogP contribution is 2.23. The zero-order chi connectivity index (χ0) is 15.2. The second-order valence-corrected chi connectivity index (χ2v) is 6.89. The second-order valence-electron chi connectivity index (χ2n) is 4.43. The summed E-state index contributed by atoms with van der Waals surface area (Å²) in [6.07, 6.45) is 1.08. The van der Waals surface area contributed by atoms with E-state index in [1.807, 2.05) is 30.3 Å². The van der Waals surface area contributed by atoms with Crippen molar-refractivity contribution in [3.05, 3.63) is 50.6 Å². The zero-order valence-electron chi connectivity index (χ0n) is 11.5. The molecule has 2 aromatic rings. The summed E-state index contributed by atoms with van der Waals surface area (Å²) in [5, 5.41) is 5.46. The van der Waals surface area contributed by atoms with Crippen LogP contribution in [0.3, 0.4) is 0 Å². The van der Waals surface area contributed by atoms with Gasteiger partial charge in [0.2, 0.25) is 5.91 Å². The largest absolute Gasteiger partial charge is 0.359 e. The Labute approximate surface area is 135 Å². The summed E-state index contributed by atoms with van der Waals surface area (Å²) in [4.78, 5) is 24.0. The first-order valence-electron chi connectivity index (χ1n) is 6.44. The van der Waals surface area contributed by atoms with Gasteiger partial charge in [-0.2, -0.15) is 0 Å². The molecule has 0 aliphatic carbocycles. The van der Waals surface area contributed by atoms with Gasteiger partial charge in [-0.15, -0.1) is 11.3 Å². The number of carbonyl (C=O) groups is 2. The summed E-state index contributed by atoms with van der Waals surface area (Å²) >= 11 is 4.73. The van der Waals surface area contributed by atoms with Crippen molar-refractivity contribution in [2.45, 2.75) is 12.8 Å². The molecule has 2 N–H and O–H groups in total. The van der Waals surface area contributed by atoms with E-state index in [2.05, 4.69) is 26.6 Å². The number of amides is 2. The molecule has 0 spiro atoms. The third-order valence-electron chi connectivity index (χ3n) is 2.90. The molecule has 0 fully saturated rings. The lowest BCUT2D eigenvalue weighted by Crippen LogP contribution is -2.18. The first-order valence-corrected chi connectivity index (χ1v) is 8.05. The molecule has 0 aliphatic rings. The highest BCUT2D eigenvalue weighted by Gasteiger charge is 2.09. The van der Waals surface area contributed by atoms with Crippen LogP contribution in [0.1, 0.15) is 21.7 Å². The Hall–Kier alpha value is -1.66. The van der Waals surface area contributed by atoms with Crippen molar-refractivity contribution >= 4 is 44.8 Å². The van der Waals surface area contributed by atoms with Gasteiger partial charge in [-0.3, -0.25) is 9.59 Å². The molecule has 6 heteroatoms. The van der Waals surface area contributed by atoms with Crippen LogP contribution in [0, 0.1) is 0 Å².